The second-order valence-electron chi connectivity index (χ2n) is 3.04. The summed E-state index contributed by atoms with van der Waals surface area (Å²) in [5.41, 5.74) is 0.372. The zero-order valence-corrected chi connectivity index (χ0v) is 9.14. The first-order valence-electron chi connectivity index (χ1n) is 4.46. The maximum Gasteiger partial charge on any atom is 0.270 e. The second-order valence-corrected chi connectivity index (χ2v) is 3.44. The van der Waals surface area contributed by atoms with E-state index in [1.165, 1.54) is 4.80 Å². The average Bonchev–Trinajstić information content (AvgIpc) is 2.64. The third-order valence-electron chi connectivity index (χ3n) is 1.85. The summed E-state index contributed by atoms with van der Waals surface area (Å²) in [7, 11) is 1.61. The van der Waals surface area contributed by atoms with Gasteiger partial charge in [-0.15, -0.1) is 5.10 Å². The highest BCUT2D eigenvalue weighted by atomic mass is 35.5. The van der Waals surface area contributed by atoms with E-state index in [9.17, 15) is 4.79 Å². The number of rotatable bonds is 2. The second kappa shape index (κ2) is 4.28. The minimum absolute atomic E-state index is 0.146. The highest BCUT2D eigenvalue weighted by Crippen LogP contribution is 2.15. The van der Waals surface area contributed by atoms with Crippen molar-refractivity contribution in [1.29, 1.82) is 0 Å². The van der Waals surface area contributed by atoms with Crippen molar-refractivity contribution in [3.63, 3.8) is 0 Å². The van der Waals surface area contributed by atoms with Crippen LogP contribution < -0.4 is 5.32 Å². The Balaban J connectivity index is 2.18. The van der Waals surface area contributed by atoms with Crippen LogP contribution in [0.2, 0.25) is 5.02 Å². The number of halogens is 1. The van der Waals surface area contributed by atoms with Crippen LogP contribution in [-0.2, 0) is 7.05 Å². The molecule has 0 aliphatic heterocycles. The lowest BCUT2D eigenvalue weighted by Gasteiger charge is -2.01. The predicted octanol–water partition coefficient (Wildman–Crippen LogP) is 1.12. The number of anilines is 1. The summed E-state index contributed by atoms with van der Waals surface area (Å²) in [4.78, 5) is 13.0. The summed E-state index contributed by atoms with van der Waals surface area (Å²) < 4.78 is 0. The molecule has 0 unspecified atom stereocenters. The van der Waals surface area contributed by atoms with Gasteiger partial charge in [-0.2, -0.15) is 4.80 Å². The molecule has 0 radical (unpaired) electrons. The summed E-state index contributed by atoms with van der Waals surface area (Å²) in [5, 5.41) is 13.9. The van der Waals surface area contributed by atoms with Crippen molar-refractivity contribution in [3.05, 3.63) is 34.9 Å². The molecule has 1 aromatic heterocycles. The molecule has 0 saturated heterocycles. The van der Waals surface area contributed by atoms with Crippen LogP contribution in [0.1, 0.15) is 10.4 Å². The largest absolute Gasteiger partial charge is 0.288 e. The monoisotopic (exact) mass is 237 g/mol. The number of aromatic nitrogens is 4. The van der Waals surface area contributed by atoms with Crippen LogP contribution in [-0.4, -0.2) is 26.1 Å². The van der Waals surface area contributed by atoms with E-state index in [0.29, 0.717) is 10.6 Å². The highest BCUT2D eigenvalue weighted by Gasteiger charge is 2.11. The molecule has 0 saturated carbocycles. The van der Waals surface area contributed by atoms with Crippen molar-refractivity contribution < 1.29 is 4.79 Å². The van der Waals surface area contributed by atoms with Gasteiger partial charge in [-0.3, -0.25) is 10.1 Å². The molecule has 1 aromatic carbocycles. The Bertz CT molecular complexity index is 524. The van der Waals surface area contributed by atoms with Crippen LogP contribution in [0.3, 0.4) is 0 Å². The summed E-state index contributed by atoms with van der Waals surface area (Å²) >= 11 is 5.87. The number of hydrogen-bond donors (Lipinski definition) is 1. The molecular formula is C9H8ClN5O. The number of carbonyl (C=O) groups excluding carboxylic acids is 1. The van der Waals surface area contributed by atoms with E-state index >= 15 is 0 Å². The predicted molar refractivity (Wildman–Crippen MR) is 58.2 cm³/mol. The topological polar surface area (TPSA) is 72.7 Å². The van der Waals surface area contributed by atoms with Crippen molar-refractivity contribution in [2.24, 2.45) is 7.05 Å². The molecule has 0 bridgehead atoms. The van der Waals surface area contributed by atoms with Crippen molar-refractivity contribution in [2.45, 2.75) is 0 Å². The van der Waals surface area contributed by atoms with Crippen LogP contribution in [0.4, 0.5) is 5.95 Å². The number of nitrogens with one attached hydrogen (secondary N) is 1. The van der Waals surface area contributed by atoms with Gasteiger partial charge in [-0.25, -0.2) is 0 Å². The maximum absolute atomic E-state index is 11.7. The molecule has 82 valence electrons. The van der Waals surface area contributed by atoms with Gasteiger partial charge in [-0.05, 0) is 17.3 Å². The minimum atomic E-state index is -0.362. The van der Waals surface area contributed by atoms with Crippen LogP contribution in [0.5, 0.6) is 0 Å². The van der Waals surface area contributed by atoms with Crippen molar-refractivity contribution in [1.82, 2.24) is 20.2 Å². The van der Waals surface area contributed by atoms with Crippen molar-refractivity contribution >= 4 is 23.5 Å². The van der Waals surface area contributed by atoms with Crippen molar-refractivity contribution in [2.75, 3.05) is 5.32 Å². The Morgan fingerprint density at radius 3 is 2.81 bits per heavy atom. The molecule has 1 N–H and O–H groups in total. The molecule has 0 atom stereocenters. The molecule has 7 heteroatoms. The lowest BCUT2D eigenvalue weighted by atomic mass is 10.2. The number of tetrazole rings is 1. The van der Waals surface area contributed by atoms with Gasteiger partial charge < -0.3 is 0 Å². The first kappa shape index (κ1) is 10.6. The molecular weight excluding hydrogens is 230 g/mol. The lowest BCUT2D eigenvalue weighted by molar-refractivity contribution is 0.102. The van der Waals surface area contributed by atoms with E-state index < -0.39 is 0 Å². The molecule has 0 spiro atoms. The van der Waals surface area contributed by atoms with Gasteiger partial charge in [0.15, 0.2) is 0 Å². The number of nitrogens with zero attached hydrogens (tertiary/aromatic N) is 4. The van der Waals surface area contributed by atoms with Crippen LogP contribution in [0.15, 0.2) is 24.3 Å². The number of hydrogen-bond acceptors (Lipinski definition) is 4. The molecule has 2 rings (SSSR count). The Morgan fingerprint density at radius 1 is 1.44 bits per heavy atom. The molecule has 6 nitrogen and oxygen atoms in total. The Kier molecular flexibility index (Phi) is 2.82. The summed E-state index contributed by atoms with van der Waals surface area (Å²) in [6.45, 7) is 0. The number of carbonyl (C=O) groups is 1. The Morgan fingerprint density at radius 2 is 2.19 bits per heavy atom. The molecule has 2 aromatic rings. The van der Waals surface area contributed by atoms with Crippen LogP contribution >= 0.6 is 11.6 Å². The molecule has 0 aliphatic carbocycles. The molecule has 1 heterocycles. The average molecular weight is 238 g/mol. The highest BCUT2D eigenvalue weighted by molar-refractivity contribution is 6.34. The fourth-order valence-electron chi connectivity index (χ4n) is 1.15. The first-order chi connectivity index (χ1) is 7.66. The number of amides is 1. The normalized spacial score (nSPS) is 10.1. The third kappa shape index (κ3) is 2.17. The third-order valence-corrected chi connectivity index (χ3v) is 2.18. The van der Waals surface area contributed by atoms with Crippen LogP contribution in [0, 0.1) is 0 Å². The zero-order chi connectivity index (χ0) is 11.5. The molecule has 16 heavy (non-hydrogen) atoms. The fourth-order valence-corrected chi connectivity index (χ4v) is 1.37. The SMILES string of the molecule is Cn1nnc(NC(=O)c2ccccc2Cl)n1. The van der Waals surface area contributed by atoms with E-state index in [1.807, 2.05) is 0 Å². The van der Waals surface area contributed by atoms with E-state index in [4.69, 9.17) is 11.6 Å². The van der Waals surface area contributed by atoms with E-state index in [2.05, 4.69) is 20.7 Å². The smallest absolute Gasteiger partial charge is 0.270 e. The summed E-state index contributed by atoms with van der Waals surface area (Å²) in [6.07, 6.45) is 0. The van der Waals surface area contributed by atoms with E-state index in [1.54, 1.807) is 31.3 Å². The first-order valence-corrected chi connectivity index (χ1v) is 4.84. The Labute approximate surface area is 96.2 Å². The summed E-state index contributed by atoms with van der Waals surface area (Å²) in [6, 6.07) is 6.74. The van der Waals surface area contributed by atoms with Gasteiger partial charge >= 0.3 is 0 Å². The Hall–Kier alpha value is -1.95. The minimum Gasteiger partial charge on any atom is -0.288 e. The summed E-state index contributed by atoms with van der Waals surface area (Å²) in [5.74, 6) is -0.217. The maximum atomic E-state index is 11.7. The molecule has 1 amide bonds. The molecule has 0 aliphatic rings. The van der Waals surface area contributed by atoms with Crippen LogP contribution in [0.25, 0.3) is 0 Å². The van der Waals surface area contributed by atoms with Gasteiger partial charge in [0.25, 0.3) is 11.9 Å². The quantitative estimate of drug-likeness (QED) is 0.849. The molecule has 0 fully saturated rings. The van der Waals surface area contributed by atoms with Gasteiger partial charge in [0.05, 0.1) is 17.6 Å². The fraction of sp³-hybridized carbons (Fsp3) is 0.111. The van der Waals surface area contributed by atoms with E-state index in [0.717, 1.165) is 0 Å². The number of aryl methyl sites for hydroxylation is 1. The van der Waals surface area contributed by atoms with Gasteiger partial charge in [0, 0.05) is 0 Å². The standard InChI is InChI=1S/C9H8ClN5O/c1-15-13-9(12-14-15)11-8(16)6-4-2-3-5-7(6)10/h2-5H,1H3,(H,11,13,16). The number of benzene rings is 1. The van der Waals surface area contributed by atoms with Gasteiger partial charge in [0.2, 0.25) is 0 Å². The van der Waals surface area contributed by atoms with Gasteiger partial charge in [-0.1, -0.05) is 28.8 Å². The lowest BCUT2D eigenvalue weighted by Crippen LogP contribution is -2.13. The zero-order valence-electron chi connectivity index (χ0n) is 8.38. The van der Waals surface area contributed by atoms with Crippen molar-refractivity contribution in [3.8, 4) is 0 Å². The van der Waals surface area contributed by atoms with Gasteiger partial charge in [0.1, 0.15) is 0 Å². The van der Waals surface area contributed by atoms with E-state index in [-0.39, 0.29) is 11.9 Å².